The summed E-state index contributed by atoms with van der Waals surface area (Å²) in [4.78, 5) is -0.841. The van der Waals surface area contributed by atoms with Gasteiger partial charge in [-0.1, -0.05) is 12.1 Å². The van der Waals surface area contributed by atoms with Gasteiger partial charge in [-0.2, -0.15) is 42.4 Å². The van der Waals surface area contributed by atoms with E-state index in [2.05, 4.69) is 36.0 Å². The first kappa shape index (κ1) is 37.4. The Labute approximate surface area is 309 Å². The lowest BCUT2D eigenvalue weighted by molar-refractivity contribution is 0.472. The van der Waals surface area contributed by atoms with Crippen LogP contribution in [0, 0.1) is 13.8 Å². The van der Waals surface area contributed by atoms with Crippen molar-refractivity contribution in [1.29, 1.82) is 0 Å². The quantitative estimate of drug-likeness (QED) is 0.0622. The molecule has 0 radical (unpaired) electrons. The third kappa shape index (κ3) is 8.96. The number of rotatable bonds is 11. The molecule has 6 aromatic carbocycles. The third-order valence-electron chi connectivity index (χ3n) is 8.07. The Morgan fingerprint density at radius 3 is 1.70 bits per heavy atom. The Kier molecular flexibility index (Phi) is 10.6. The Morgan fingerprint density at radius 1 is 0.574 bits per heavy atom. The number of phenolic OH excluding ortho intramolecular Hbond substituents is 2. The molecule has 17 heteroatoms. The molecule has 0 amide bonds. The van der Waals surface area contributed by atoms with Gasteiger partial charge in [-0.25, -0.2) is 0 Å². The van der Waals surface area contributed by atoms with Gasteiger partial charge < -0.3 is 15.5 Å². The maximum Gasteiger partial charge on any atom is 0.296 e. The van der Waals surface area contributed by atoms with Gasteiger partial charge in [-0.3, -0.25) is 9.11 Å². The van der Waals surface area contributed by atoms with E-state index in [0.29, 0.717) is 51.8 Å². The van der Waals surface area contributed by atoms with Crippen molar-refractivity contribution in [2.45, 2.75) is 30.2 Å². The Balaban J connectivity index is 1.18. The monoisotopic (exact) mass is 765 g/mol. The van der Waals surface area contributed by atoms with Crippen LogP contribution >= 0.6 is 0 Å². The number of aromatic hydroxyl groups is 2. The first-order valence-electron chi connectivity index (χ1n) is 16.0. The first-order valence-corrected chi connectivity index (χ1v) is 18.9. The molecule has 15 nitrogen and oxygen atoms in total. The topological polar surface area (TPSA) is 235 Å². The maximum absolute atomic E-state index is 12.4. The van der Waals surface area contributed by atoms with E-state index >= 15 is 0 Å². The summed E-state index contributed by atoms with van der Waals surface area (Å²) in [6.45, 7) is 4.00. The van der Waals surface area contributed by atoms with E-state index in [0.717, 1.165) is 11.6 Å². The summed E-state index contributed by atoms with van der Waals surface area (Å²) in [7, 11) is -9.11. The molecular formula is C37H31N7O8S2. The Hall–Kier alpha value is -6.40. The zero-order valence-electron chi connectivity index (χ0n) is 28.5. The highest BCUT2D eigenvalue weighted by Crippen LogP contribution is 2.43. The van der Waals surface area contributed by atoms with Crippen LogP contribution in [0.1, 0.15) is 16.7 Å². The number of nitrogens with one attached hydrogen (secondary N) is 1. The zero-order valence-corrected chi connectivity index (χ0v) is 30.2. The minimum atomic E-state index is -4.86. The molecule has 0 atom stereocenters. The predicted molar refractivity (Wildman–Crippen MR) is 202 cm³/mol. The van der Waals surface area contributed by atoms with Gasteiger partial charge in [0.05, 0.1) is 33.3 Å². The van der Waals surface area contributed by atoms with Crippen LogP contribution in [0.15, 0.2) is 150 Å². The molecule has 0 fully saturated rings. The van der Waals surface area contributed by atoms with Crippen LogP contribution in [-0.2, 0) is 26.8 Å². The van der Waals surface area contributed by atoms with Crippen molar-refractivity contribution in [3.8, 4) is 11.5 Å². The molecule has 0 aliphatic heterocycles. The van der Waals surface area contributed by atoms with Crippen molar-refractivity contribution in [3.63, 3.8) is 0 Å². The SMILES string of the molecule is Cc1cc(N=Nc2c(S(=O)(=O)O)cc3cc(N=Nc4ccc(O)cc4)ccc3c2O)c(C)cc1N=Nc1ccc(CNc2ccc(S(=O)(=O)O)cc2)cc1. The highest BCUT2D eigenvalue weighted by Gasteiger charge is 2.22. The van der Waals surface area contributed by atoms with Crippen molar-refractivity contribution in [2.75, 3.05) is 5.32 Å². The van der Waals surface area contributed by atoms with Crippen LogP contribution in [0.5, 0.6) is 11.5 Å². The van der Waals surface area contributed by atoms with Gasteiger partial charge in [0.1, 0.15) is 16.3 Å². The van der Waals surface area contributed by atoms with Gasteiger partial charge in [-0.15, -0.1) is 5.11 Å². The average Bonchev–Trinajstić information content (AvgIpc) is 3.13. The second-order valence-electron chi connectivity index (χ2n) is 12.0. The minimum Gasteiger partial charge on any atom is -0.508 e. The molecule has 5 N–H and O–H groups in total. The second-order valence-corrected chi connectivity index (χ2v) is 14.8. The molecule has 0 saturated carbocycles. The maximum atomic E-state index is 12.4. The third-order valence-corrected chi connectivity index (χ3v) is 9.81. The fourth-order valence-electron chi connectivity index (χ4n) is 5.18. The largest absolute Gasteiger partial charge is 0.508 e. The fraction of sp³-hybridized carbons (Fsp3) is 0.0811. The van der Waals surface area contributed by atoms with Crippen molar-refractivity contribution < 1.29 is 36.2 Å². The molecule has 6 rings (SSSR count). The summed E-state index contributed by atoms with van der Waals surface area (Å²) in [5, 5.41) is 49.4. The van der Waals surface area contributed by atoms with Crippen LogP contribution in [0.4, 0.5) is 39.8 Å². The standard InChI is InChI=1S/C37H31N7O8S2/c1-22-18-34(23(2)17-33(22)42-40-27-5-3-24(4-6-27)21-38-26-9-14-31(15-10-26)53(47,48)49)43-44-36-35(54(50,51)52)20-25-19-29(11-16-32(25)37(36)46)41-39-28-7-12-30(45)13-8-28/h3-20,38,45-46H,21H2,1-2H3,(H,47,48,49)(H,50,51,52). The lowest BCUT2D eigenvalue weighted by atomic mass is 10.1. The highest BCUT2D eigenvalue weighted by atomic mass is 32.2. The van der Waals surface area contributed by atoms with Gasteiger partial charge in [0.15, 0.2) is 5.75 Å². The number of anilines is 1. The highest BCUT2D eigenvalue weighted by molar-refractivity contribution is 7.86. The summed E-state index contributed by atoms with van der Waals surface area (Å²) in [6, 6.07) is 28.2. The first-order chi connectivity index (χ1) is 25.6. The van der Waals surface area contributed by atoms with E-state index in [1.807, 2.05) is 12.1 Å². The van der Waals surface area contributed by atoms with Gasteiger partial charge >= 0.3 is 0 Å². The summed E-state index contributed by atoms with van der Waals surface area (Å²) in [6.07, 6.45) is 0. The van der Waals surface area contributed by atoms with Crippen LogP contribution in [0.3, 0.4) is 0 Å². The van der Waals surface area contributed by atoms with E-state index in [1.165, 1.54) is 36.4 Å². The summed E-state index contributed by atoms with van der Waals surface area (Å²) in [5.74, 6) is -0.437. The van der Waals surface area contributed by atoms with Crippen LogP contribution in [-0.4, -0.2) is 36.2 Å². The molecule has 274 valence electrons. The van der Waals surface area contributed by atoms with Gasteiger partial charge in [0, 0.05) is 17.6 Å². The van der Waals surface area contributed by atoms with Gasteiger partial charge in [0.2, 0.25) is 0 Å². The van der Waals surface area contributed by atoms with Crippen LogP contribution in [0.25, 0.3) is 10.8 Å². The number of hydrogen-bond acceptors (Lipinski definition) is 13. The Morgan fingerprint density at radius 2 is 1.11 bits per heavy atom. The van der Waals surface area contributed by atoms with Gasteiger partial charge in [-0.05, 0) is 133 Å². The molecule has 0 bridgehead atoms. The number of fused-ring (bicyclic) bond motifs is 1. The number of benzene rings is 6. The number of nitrogens with zero attached hydrogens (tertiary/aromatic N) is 6. The molecule has 0 heterocycles. The Bertz CT molecular complexity index is 2680. The number of azo groups is 3. The lowest BCUT2D eigenvalue weighted by Crippen LogP contribution is -2.01. The van der Waals surface area contributed by atoms with Crippen molar-refractivity contribution in [3.05, 3.63) is 126 Å². The summed E-state index contributed by atoms with van der Waals surface area (Å²) >= 11 is 0. The van der Waals surface area contributed by atoms with Crippen molar-refractivity contribution in [2.24, 2.45) is 30.7 Å². The smallest absolute Gasteiger partial charge is 0.296 e. The molecule has 0 saturated heterocycles. The minimum absolute atomic E-state index is 0.0752. The van der Waals surface area contributed by atoms with Crippen molar-refractivity contribution in [1.82, 2.24) is 0 Å². The van der Waals surface area contributed by atoms with E-state index < -0.39 is 36.6 Å². The number of hydrogen-bond donors (Lipinski definition) is 5. The lowest BCUT2D eigenvalue weighted by Gasteiger charge is -2.10. The molecule has 6 aromatic rings. The summed E-state index contributed by atoms with van der Waals surface area (Å²) < 4.78 is 66.5. The summed E-state index contributed by atoms with van der Waals surface area (Å²) in [5.41, 5.74) is 4.79. The molecule has 0 aliphatic rings. The van der Waals surface area contributed by atoms with E-state index in [9.17, 15) is 31.6 Å². The number of phenols is 2. The second kappa shape index (κ2) is 15.3. The van der Waals surface area contributed by atoms with E-state index in [1.54, 1.807) is 68.4 Å². The molecular weight excluding hydrogens is 735 g/mol. The van der Waals surface area contributed by atoms with Crippen LogP contribution in [0.2, 0.25) is 0 Å². The number of aryl methyl sites for hydroxylation is 2. The average molecular weight is 766 g/mol. The molecule has 0 unspecified atom stereocenters. The molecule has 54 heavy (non-hydrogen) atoms. The van der Waals surface area contributed by atoms with Crippen LogP contribution < -0.4 is 5.32 Å². The normalized spacial score (nSPS) is 12.4. The van der Waals surface area contributed by atoms with E-state index in [4.69, 9.17) is 4.55 Å². The zero-order chi connectivity index (χ0) is 38.6. The van der Waals surface area contributed by atoms with Gasteiger partial charge in [0.25, 0.3) is 20.2 Å². The predicted octanol–water partition coefficient (Wildman–Crippen LogP) is 10.2. The molecule has 0 spiro atoms. The molecule has 0 aliphatic carbocycles. The van der Waals surface area contributed by atoms with E-state index in [-0.39, 0.29) is 21.4 Å². The fourth-order valence-corrected chi connectivity index (χ4v) is 6.31. The van der Waals surface area contributed by atoms with Crippen molar-refractivity contribution >= 4 is 70.8 Å². The molecule has 0 aromatic heterocycles.